The van der Waals surface area contributed by atoms with Crippen molar-refractivity contribution in [1.29, 1.82) is 5.26 Å². The molecule has 120 valence electrons. The van der Waals surface area contributed by atoms with E-state index in [1.54, 1.807) is 0 Å². The number of halogens is 1. The molecule has 24 heavy (non-hydrogen) atoms. The predicted octanol–water partition coefficient (Wildman–Crippen LogP) is 5.14. The van der Waals surface area contributed by atoms with Crippen LogP contribution in [0.3, 0.4) is 0 Å². The zero-order valence-corrected chi connectivity index (χ0v) is 14.1. The van der Waals surface area contributed by atoms with E-state index in [0.29, 0.717) is 5.56 Å². The number of rotatable bonds is 3. The molecule has 3 rings (SSSR count). The second-order valence-electron chi connectivity index (χ2n) is 6.07. The lowest BCUT2D eigenvalue weighted by Gasteiger charge is -2.10. The van der Waals surface area contributed by atoms with Gasteiger partial charge in [0.05, 0.1) is 11.6 Å². The van der Waals surface area contributed by atoms with Crippen molar-refractivity contribution >= 4 is 0 Å². The fraction of sp³-hybridized carbons (Fsp3) is 0.190. The molecule has 2 nitrogen and oxygen atoms in total. The molecule has 3 heteroatoms. The van der Waals surface area contributed by atoms with Crippen molar-refractivity contribution in [3.63, 3.8) is 0 Å². The summed E-state index contributed by atoms with van der Waals surface area (Å²) in [7, 11) is 0. The van der Waals surface area contributed by atoms with E-state index in [0.717, 1.165) is 17.7 Å². The molecule has 0 amide bonds. The molecule has 0 aliphatic heterocycles. The first-order chi connectivity index (χ1) is 11.5. The second-order valence-corrected chi connectivity index (χ2v) is 6.07. The van der Waals surface area contributed by atoms with E-state index in [-0.39, 0.29) is 5.82 Å². The van der Waals surface area contributed by atoms with Crippen LogP contribution in [0, 0.1) is 37.9 Å². The molecule has 0 spiro atoms. The summed E-state index contributed by atoms with van der Waals surface area (Å²) in [5.74, 6) is -0.214. The van der Waals surface area contributed by atoms with Gasteiger partial charge in [0.25, 0.3) is 0 Å². The monoisotopic (exact) mass is 318 g/mol. The summed E-state index contributed by atoms with van der Waals surface area (Å²) in [6.07, 6.45) is 0. The van der Waals surface area contributed by atoms with E-state index < -0.39 is 0 Å². The highest BCUT2D eigenvalue weighted by Gasteiger charge is 2.16. The molecule has 0 saturated heterocycles. The van der Waals surface area contributed by atoms with Crippen molar-refractivity contribution in [2.45, 2.75) is 27.3 Å². The van der Waals surface area contributed by atoms with Crippen LogP contribution in [0.15, 0.2) is 48.5 Å². The third-order valence-electron chi connectivity index (χ3n) is 4.65. The number of hydrogen-bond donors (Lipinski definition) is 0. The van der Waals surface area contributed by atoms with Gasteiger partial charge in [0, 0.05) is 23.5 Å². The molecular weight excluding hydrogens is 299 g/mol. The van der Waals surface area contributed by atoms with Gasteiger partial charge in [0.15, 0.2) is 0 Å². The van der Waals surface area contributed by atoms with Gasteiger partial charge in [-0.1, -0.05) is 24.3 Å². The molecule has 0 fully saturated rings. The fourth-order valence-electron chi connectivity index (χ4n) is 3.19. The molecule has 0 aliphatic rings. The summed E-state index contributed by atoms with van der Waals surface area (Å²) in [6, 6.07) is 16.5. The summed E-state index contributed by atoms with van der Waals surface area (Å²) in [5.41, 5.74) is 7.68. The Morgan fingerprint density at radius 1 is 0.917 bits per heavy atom. The molecule has 0 aliphatic carbocycles. The molecule has 1 heterocycles. The molecule has 0 saturated carbocycles. The molecule has 0 N–H and O–H groups in total. The Labute approximate surface area is 141 Å². The second kappa shape index (κ2) is 6.33. The zero-order valence-electron chi connectivity index (χ0n) is 14.1. The summed E-state index contributed by atoms with van der Waals surface area (Å²) >= 11 is 0. The minimum atomic E-state index is -0.214. The van der Waals surface area contributed by atoms with Crippen LogP contribution < -0.4 is 0 Å². The highest BCUT2D eigenvalue weighted by atomic mass is 19.1. The molecule has 0 radical (unpaired) electrons. The van der Waals surface area contributed by atoms with Gasteiger partial charge in [0.1, 0.15) is 5.82 Å². The van der Waals surface area contributed by atoms with Crippen molar-refractivity contribution in [1.82, 2.24) is 4.57 Å². The third kappa shape index (κ3) is 2.83. The summed E-state index contributed by atoms with van der Waals surface area (Å²) < 4.78 is 15.4. The lowest BCUT2D eigenvalue weighted by Crippen LogP contribution is -2.04. The number of nitrogens with zero attached hydrogens (tertiary/aromatic N) is 2. The SMILES string of the molecule is Cc1c(-c2ccc(C#N)cc2)c(C)n(Cc2ccc(F)cc2)c1C. The average Bonchev–Trinajstić information content (AvgIpc) is 2.80. The number of benzene rings is 2. The minimum absolute atomic E-state index is 0.214. The van der Waals surface area contributed by atoms with Crippen LogP contribution >= 0.6 is 0 Å². The normalized spacial score (nSPS) is 10.6. The molecule has 0 bridgehead atoms. The van der Waals surface area contributed by atoms with E-state index >= 15 is 0 Å². The molecule has 2 aromatic carbocycles. The topological polar surface area (TPSA) is 28.7 Å². The van der Waals surface area contributed by atoms with Crippen molar-refractivity contribution < 1.29 is 4.39 Å². The smallest absolute Gasteiger partial charge is 0.123 e. The first-order valence-electron chi connectivity index (χ1n) is 7.92. The number of hydrogen-bond acceptors (Lipinski definition) is 1. The first kappa shape index (κ1) is 16.0. The maximum atomic E-state index is 13.1. The standard InChI is InChI=1S/C21H19FN2/c1-14-15(2)24(13-18-6-10-20(22)11-7-18)16(3)21(14)19-8-4-17(12-23)5-9-19/h4-11H,13H2,1-3H3. The third-order valence-corrected chi connectivity index (χ3v) is 4.65. The zero-order chi connectivity index (χ0) is 17.3. The van der Waals surface area contributed by atoms with Gasteiger partial charge in [0.2, 0.25) is 0 Å². The van der Waals surface area contributed by atoms with Crippen molar-refractivity contribution in [2.75, 3.05) is 0 Å². The Hall–Kier alpha value is -2.86. The Morgan fingerprint density at radius 3 is 2.12 bits per heavy atom. The van der Waals surface area contributed by atoms with Gasteiger partial charge in [-0.2, -0.15) is 5.26 Å². The van der Waals surface area contributed by atoms with E-state index in [9.17, 15) is 4.39 Å². The van der Waals surface area contributed by atoms with E-state index in [1.807, 2.05) is 36.4 Å². The van der Waals surface area contributed by atoms with Gasteiger partial charge in [-0.25, -0.2) is 4.39 Å². The van der Waals surface area contributed by atoms with Crippen LogP contribution in [0.2, 0.25) is 0 Å². The van der Waals surface area contributed by atoms with Crippen molar-refractivity contribution in [2.24, 2.45) is 0 Å². The lowest BCUT2D eigenvalue weighted by atomic mass is 10.0. The van der Waals surface area contributed by atoms with Gasteiger partial charge >= 0.3 is 0 Å². The highest BCUT2D eigenvalue weighted by molar-refractivity contribution is 5.72. The summed E-state index contributed by atoms with van der Waals surface area (Å²) in [5, 5.41) is 8.96. The van der Waals surface area contributed by atoms with Gasteiger partial charge in [-0.15, -0.1) is 0 Å². The van der Waals surface area contributed by atoms with Crippen LogP contribution in [-0.2, 0) is 6.54 Å². The number of nitriles is 1. The predicted molar refractivity (Wildman–Crippen MR) is 94.3 cm³/mol. The van der Waals surface area contributed by atoms with Crippen molar-refractivity contribution in [3.8, 4) is 17.2 Å². The lowest BCUT2D eigenvalue weighted by molar-refractivity contribution is 0.626. The highest BCUT2D eigenvalue weighted by Crippen LogP contribution is 2.32. The Balaban J connectivity index is 2.03. The van der Waals surface area contributed by atoms with Gasteiger partial charge in [-0.05, 0) is 61.7 Å². The Kier molecular flexibility index (Phi) is 4.22. The van der Waals surface area contributed by atoms with Crippen LogP contribution in [-0.4, -0.2) is 4.57 Å². The van der Waals surface area contributed by atoms with Crippen LogP contribution in [0.1, 0.15) is 28.1 Å². The molecule has 0 unspecified atom stereocenters. The minimum Gasteiger partial charge on any atom is -0.344 e. The largest absolute Gasteiger partial charge is 0.344 e. The molecular formula is C21H19FN2. The Bertz CT molecular complexity index is 910. The van der Waals surface area contributed by atoms with E-state index in [1.165, 1.54) is 34.6 Å². The maximum absolute atomic E-state index is 13.1. The molecule has 0 atom stereocenters. The average molecular weight is 318 g/mol. The fourth-order valence-corrected chi connectivity index (χ4v) is 3.19. The molecule has 3 aromatic rings. The quantitative estimate of drug-likeness (QED) is 0.657. The van der Waals surface area contributed by atoms with E-state index in [4.69, 9.17) is 5.26 Å². The van der Waals surface area contributed by atoms with Gasteiger partial charge in [-0.3, -0.25) is 0 Å². The maximum Gasteiger partial charge on any atom is 0.123 e. The van der Waals surface area contributed by atoms with E-state index in [2.05, 4.69) is 31.4 Å². The van der Waals surface area contributed by atoms with Crippen LogP contribution in [0.25, 0.3) is 11.1 Å². The summed E-state index contributed by atoms with van der Waals surface area (Å²) in [6.45, 7) is 7.06. The van der Waals surface area contributed by atoms with Gasteiger partial charge < -0.3 is 4.57 Å². The van der Waals surface area contributed by atoms with Crippen molar-refractivity contribution in [3.05, 3.63) is 82.4 Å². The summed E-state index contributed by atoms with van der Waals surface area (Å²) in [4.78, 5) is 0. The van der Waals surface area contributed by atoms with Crippen LogP contribution in [0.5, 0.6) is 0 Å². The first-order valence-corrected chi connectivity index (χ1v) is 7.92. The Morgan fingerprint density at radius 2 is 1.54 bits per heavy atom. The molecule has 1 aromatic heterocycles. The van der Waals surface area contributed by atoms with Crippen LogP contribution in [0.4, 0.5) is 4.39 Å². The number of aromatic nitrogens is 1.